The first kappa shape index (κ1) is 28.6. The SMILES string of the molecule is CCOC(=O)/C(=C\CCNC(=O)OC(C)(C)C)CC(=O)c1cn(C(=O)OC(C)(C)C)c2ccccc12. The highest BCUT2D eigenvalue weighted by molar-refractivity contribution is 6.12. The normalized spacial score (nSPS) is 12.2. The smallest absolute Gasteiger partial charge is 0.419 e. The number of rotatable bonds is 8. The summed E-state index contributed by atoms with van der Waals surface area (Å²) in [4.78, 5) is 50.4. The van der Waals surface area contributed by atoms with E-state index < -0.39 is 29.4 Å². The van der Waals surface area contributed by atoms with Crippen LogP contribution in [0.4, 0.5) is 9.59 Å². The lowest BCUT2D eigenvalue weighted by atomic mass is 10.0. The molecule has 0 saturated heterocycles. The summed E-state index contributed by atoms with van der Waals surface area (Å²) in [5.41, 5.74) is -0.348. The number of carbonyl (C=O) groups is 4. The molecule has 0 fully saturated rings. The van der Waals surface area contributed by atoms with E-state index in [0.29, 0.717) is 22.9 Å². The molecule has 2 aromatic rings. The summed E-state index contributed by atoms with van der Waals surface area (Å²) in [7, 11) is 0. The molecule has 0 bridgehead atoms. The Morgan fingerprint density at radius 3 is 2.22 bits per heavy atom. The number of Topliss-reactive ketones (excluding diaryl/α,β-unsaturated/α-hetero) is 1. The summed E-state index contributed by atoms with van der Waals surface area (Å²) in [5.74, 6) is -0.966. The van der Waals surface area contributed by atoms with Crippen LogP contribution >= 0.6 is 0 Å². The number of aromatic nitrogens is 1. The van der Waals surface area contributed by atoms with Gasteiger partial charge in [0.05, 0.1) is 12.1 Å². The number of ketones is 1. The van der Waals surface area contributed by atoms with Gasteiger partial charge in [0.1, 0.15) is 11.2 Å². The highest BCUT2D eigenvalue weighted by Gasteiger charge is 2.24. The number of nitrogens with one attached hydrogen (secondary N) is 1. The maximum absolute atomic E-state index is 13.3. The zero-order valence-corrected chi connectivity index (χ0v) is 22.1. The van der Waals surface area contributed by atoms with Crippen molar-refractivity contribution in [3.05, 3.63) is 47.7 Å². The number of alkyl carbamates (subject to hydrolysis) is 1. The van der Waals surface area contributed by atoms with E-state index >= 15 is 0 Å². The number of carbonyl (C=O) groups excluding carboxylic acids is 4. The first-order chi connectivity index (χ1) is 16.7. The van der Waals surface area contributed by atoms with Gasteiger partial charge in [-0.3, -0.25) is 9.36 Å². The van der Waals surface area contributed by atoms with Gasteiger partial charge < -0.3 is 19.5 Å². The van der Waals surface area contributed by atoms with Crippen LogP contribution in [0.1, 0.15) is 71.7 Å². The van der Waals surface area contributed by atoms with Crippen LogP contribution in [0, 0.1) is 0 Å². The van der Waals surface area contributed by atoms with Crippen molar-refractivity contribution in [1.82, 2.24) is 9.88 Å². The Kier molecular flexibility index (Phi) is 9.44. The molecule has 0 atom stereocenters. The highest BCUT2D eigenvalue weighted by atomic mass is 16.6. The minimum atomic E-state index is -0.709. The molecule has 36 heavy (non-hydrogen) atoms. The van der Waals surface area contributed by atoms with Crippen molar-refractivity contribution in [3.63, 3.8) is 0 Å². The standard InChI is InChI=1S/C27H36N2O7/c1-8-34-23(31)18(12-11-15-28-24(32)35-26(2,3)4)16-22(30)20-17-29(25(33)36-27(5,6)7)21-14-10-9-13-19(20)21/h9-10,12-14,17H,8,11,15-16H2,1-7H3,(H,28,32)/b18-12-. The van der Waals surface area contributed by atoms with E-state index in [4.69, 9.17) is 14.2 Å². The molecule has 9 heteroatoms. The van der Waals surface area contributed by atoms with Gasteiger partial charge in [-0.1, -0.05) is 24.3 Å². The number of esters is 1. The molecule has 0 saturated carbocycles. The monoisotopic (exact) mass is 500 g/mol. The second-order valence-corrected chi connectivity index (χ2v) is 10.2. The van der Waals surface area contributed by atoms with E-state index in [2.05, 4.69) is 5.32 Å². The van der Waals surface area contributed by atoms with Gasteiger partial charge in [0.15, 0.2) is 5.78 Å². The number of benzene rings is 1. The minimum Gasteiger partial charge on any atom is -0.463 e. The average molecular weight is 501 g/mol. The van der Waals surface area contributed by atoms with Gasteiger partial charge in [-0.05, 0) is 61.0 Å². The second-order valence-electron chi connectivity index (χ2n) is 10.2. The molecule has 0 spiro atoms. The van der Waals surface area contributed by atoms with E-state index in [1.807, 2.05) is 0 Å². The summed E-state index contributed by atoms with van der Waals surface area (Å²) in [5, 5.41) is 3.18. The highest BCUT2D eigenvalue weighted by Crippen LogP contribution is 2.25. The van der Waals surface area contributed by atoms with Crippen molar-refractivity contribution in [1.29, 1.82) is 0 Å². The van der Waals surface area contributed by atoms with Gasteiger partial charge >= 0.3 is 18.2 Å². The molecule has 9 nitrogen and oxygen atoms in total. The summed E-state index contributed by atoms with van der Waals surface area (Å²) in [6.07, 6.45) is 1.90. The summed E-state index contributed by atoms with van der Waals surface area (Å²) in [6, 6.07) is 6.99. The average Bonchev–Trinajstić information content (AvgIpc) is 3.13. The number of nitrogens with zero attached hydrogens (tertiary/aromatic N) is 1. The maximum atomic E-state index is 13.3. The molecule has 0 radical (unpaired) electrons. The molecular weight excluding hydrogens is 464 g/mol. The first-order valence-corrected chi connectivity index (χ1v) is 11.9. The van der Waals surface area contributed by atoms with E-state index in [-0.39, 0.29) is 30.9 Å². The fourth-order valence-electron chi connectivity index (χ4n) is 3.32. The Morgan fingerprint density at radius 2 is 1.61 bits per heavy atom. The molecule has 0 unspecified atom stereocenters. The third kappa shape index (κ3) is 8.55. The molecule has 196 valence electrons. The summed E-state index contributed by atoms with van der Waals surface area (Å²) >= 11 is 0. The Balaban J connectivity index is 2.24. The van der Waals surface area contributed by atoms with E-state index in [0.717, 1.165) is 0 Å². The van der Waals surface area contributed by atoms with Gasteiger partial charge in [-0.15, -0.1) is 0 Å². The zero-order valence-electron chi connectivity index (χ0n) is 22.1. The number of hydrogen-bond acceptors (Lipinski definition) is 7. The fourth-order valence-corrected chi connectivity index (χ4v) is 3.32. The quantitative estimate of drug-likeness (QED) is 0.170. The summed E-state index contributed by atoms with van der Waals surface area (Å²) in [6.45, 7) is 12.6. The molecule has 0 aliphatic heterocycles. The van der Waals surface area contributed by atoms with Gasteiger partial charge in [0.2, 0.25) is 0 Å². The van der Waals surface area contributed by atoms with E-state index in [9.17, 15) is 19.2 Å². The predicted octanol–water partition coefficient (Wildman–Crippen LogP) is 5.40. The Morgan fingerprint density at radius 1 is 0.972 bits per heavy atom. The predicted molar refractivity (Wildman–Crippen MR) is 136 cm³/mol. The lowest BCUT2D eigenvalue weighted by Crippen LogP contribution is -2.32. The molecule has 1 N–H and O–H groups in total. The van der Waals surface area contributed by atoms with Crippen LogP contribution in [0.2, 0.25) is 0 Å². The third-order valence-electron chi connectivity index (χ3n) is 4.69. The van der Waals surface area contributed by atoms with Crippen molar-refractivity contribution in [2.24, 2.45) is 0 Å². The van der Waals surface area contributed by atoms with Gasteiger partial charge in [-0.25, -0.2) is 14.4 Å². The number of fused-ring (bicyclic) bond motifs is 1. The lowest BCUT2D eigenvalue weighted by molar-refractivity contribution is -0.138. The Hall–Kier alpha value is -3.62. The topological polar surface area (TPSA) is 113 Å². The van der Waals surface area contributed by atoms with Crippen LogP contribution < -0.4 is 5.32 Å². The van der Waals surface area contributed by atoms with Gasteiger partial charge in [0.25, 0.3) is 0 Å². The largest absolute Gasteiger partial charge is 0.463 e. The van der Waals surface area contributed by atoms with Crippen LogP contribution in [0.5, 0.6) is 0 Å². The van der Waals surface area contributed by atoms with Crippen molar-refractivity contribution in [2.45, 2.75) is 72.5 Å². The van der Waals surface area contributed by atoms with Crippen LogP contribution in [0.25, 0.3) is 10.9 Å². The molecule has 0 aliphatic rings. The van der Waals surface area contributed by atoms with Crippen molar-refractivity contribution >= 4 is 34.8 Å². The van der Waals surface area contributed by atoms with Crippen LogP contribution in [-0.2, 0) is 19.0 Å². The Labute approximate surface area is 211 Å². The van der Waals surface area contributed by atoms with Crippen molar-refractivity contribution in [3.8, 4) is 0 Å². The van der Waals surface area contributed by atoms with E-state index in [1.165, 1.54) is 10.8 Å². The molecule has 1 aromatic heterocycles. The maximum Gasteiger partial charge on any atom is 0.419 e. The molecule has 1 amide bonds. The number of ether oxygens (including phenoxy) is 3. The minimum absolute atomic E-state index is 0.151. The summed E-state index contributed by atoms with van der Waals surface area (Å²) < 4.78 is 17.1. The van der Waals surface area contributed by atoms with Crippen molar-refractivity contribution < 1.29 is 33.4 Å². The Bertz CT molecular complexity index is 1150. The molecule has 0 aliphatic carbocycles. The molecular formula is C27H36N2O7. The van der Waals surface area contributed by atoms with E-state index in [1.54, 1.807) is 78.8 Å². The lowest BCUT2D eigenvalue weighted by Gasteiger charge is -2.19. The molecule has 1 heterocycles. The molecule has 2 rings (SSSR count). The van der Waals surface area contributed by atoms with Crippen LogP contribution in [0.3, 0.4) is 0 Å². The number of amides is 1. The zero-order chi connectivity index (χ0) is 27.1. The van der Waals surface area contributed by atoms with Crippen LogP contribution in [0.15, 0.2) is 42.1 Å². The van der Waals surface area contributed by atoms with Gasteiger partial charge in [0, 0.05) is 35.7 Å². The number of para-hydroxylation sites is 1. The fraction of sp³-hybridized carbons (Fsp3) is 0.481. The molecule has 1 aromatic carbocycles. The third-order valence-corrected chi connectivity index (χ3v) is 4.69. The number of hydrogen-bond donors (Lipinski definition) is 1. The van der Waals surface area contributed by atoms with Crippen LogP contribution in [-0.4, -0.2) is 52.9 Å². The van der Waals surface area contributed by atoms with Gasteiger partial charge in [-0.2, -0.15) is 0 Å². The first-order valence-electron chi connectivity index (χ1n) is 11.9. The van der Waals surface area contributed by atoms with Crippen molar-refractivity contribution in [2.75, 3.05) is 13.2 Å². The second kappa shape index (κ2) is 11.9.